The number of ether oxygens (including phenoxy) is 1. The molecule has 1 N–H and O–H groups in total. The third-order valence-corrected chi connectivity index (χ3v) is 2.24. The first-order valence-corrected chi connectivity index (χ1v) is 6.02. The fraction of sp³-hybridized carbons (Fsp3) is 0.385. The summed E-state index contributed by atoms with van der Waals surface area (Å²) in [5, 5.41) is 7.00. The Bertz CT molecular complexity index is 508. The molecule has 0 atom stereocenters. The van der Waals surface area contributed by atoms with Gasteiger partial charge < -0.3 is 14.6 Å². The maximum absolute atomic E-state index is 5.44. The molecule has 0 spiro atoms. The zero-order valence-corrected chi connectivity index (χ0v) is 10.8. The maximum Gasteiger partial charge on any atom is 0.321 e. The quantitative estimate of drug-likeness (QED) is 0.880. The molecule has 0 aliphatic heterocycles. The van der Waals surface area contributed by atoms with Crippen molar-refractivity contribution in [3.05, 3.63) is 24.3 Å². The van der Waals surface area contributed by atoms with Crippen LogP contribution in [0.1, 0.15) is 20.8 Å². The van der Waals surface area contributed by atoms with Crippen molar-refractivity contribution in [2.24, 2.45) is 0 Å². The number of nitrogens with zero attached hydrogens (tertiary/aromatic N) is 2. The summed E-state index contributed by atoms with van der Waals surface area (Å²) in [5.41, 5.74) is 0.876. The molecule has 0 aliphatic carbocycles. The first-order valence-electron chi connectivity index (χ1n) is 6.02. The van der Waals surface area contributed by atoms with Crippen LogP contribution in [0.2, 0.25) is 0 Å². The molecule has 5 nitrogen and oxygen atoms in total. The number of benzene rings is 1. The van der Waals surface area contributed by atoms with Gasteiger partial charge in [-0.2, -0.15) is 4.98 Å². The second kappa shape index (κ2) is 5.53. The fourth-order valence-electron chi connectivity index (χ4n) is 1.54. The molecule has 0 saturated carbocycles. The molecule has 96 valence electrons. The van der Waals surface area contributed by atoms with Crippen molar-refractivity contribution in [1.29, 1.82) is 0 Å². The first-order chi connectivity index (χ1) is 8.69. The molecule has 0 bridgehead atoms. The van der Waals surface area contributed by atoms with Crippen molar-refractivity contribution >= 4 is 6.01 Å². The number of nitrogens with one attached hydrogen (secondary N) is 1. The summed E-state index contributed by atoms with van der Waals surface area (Å²) in [5.74, 6) is 1.36. The topological polar surface area (TPSA) is 60.2 Å². The van der Waals surface area contributed by atoms with Crippen molar-refractivity contribution in [3.63, 3.8) is 0 Å². The SMILES string of the molecule is CCOc1cccc(-c2noc(NC(C)C)n2)c1. The molecule has 1 aromatic heterocycles. The second-order valence-corrected chi connectivity index (χ2v) is 4.18. The third kappa shape index (κ3) is 3.00. The Hall–Kier alpha value is -2.04. The average molecular weight is 247 g/mol. The highest BCUT2D eigenvalue weighted by atomic mass is 16.5. The van der Waals surface area contributed by atoms with Crippen LogP contribution in [-0.4, -0.2) is 22.8 Å². The molecule has 2 rings (SSSR count). The molecule has 1 heterocycles. The number of rotatable bonds is 5. The Labute approximate surface area is 106 Å². The highest BCUT2D eigenvalue weighted by Gasteiger charge is 2.09. The molecule has 0 radical (unpaired) electrons. The zero-order chi connectivity index (χ0) is 13.0. The summed E-state index contributed by atoms with van der Waals surface area (Å²) in [6, 6.07) is 8.32. The van der Waals surface area contributed by atoms with Gasteiger partial charge in [0.1, 0.15) is 5.75 Å². The van der Waals surface area contributed by atoms with Gasteiger partial charge in [0, 0.05) is 11.6 Å². The van der Waals surface area contributed by atoms with E-state index >= 15 is 0 Å². The highest BCUT2D eigenvalue weighted by molar-refractivity contribution is 5.57. The van der Waals surface area contributed by atoms with Crippen molar-refractivity contribution in [3.8, 4) is 17.1 Å². The van der Waals surface area contributed by atoms with Gasteiger partial charge in [0.25, 0.3) is 0 Å². The molecule has 1 aromatic carbocycles. The predicted molar refractivity (Wildman–Crippen MR) is 69.7 cm³/mol. The monoisotopic (exact) mass is 247 g/mol. The van der Waals surface area contributed by atoms with E-state index in [1.807, 2.05) is 45.0 Å². The molecule has 0 fully saturated rings. The Balaban J connectivity index is 2.20. The zero-order valence-electron chi connectivity index (χ0n) is 10.8. The summed E-state index contributed by atoms with van der Waals surface area (Å²) < 4.78 is 10.6. The van der Waals surface area contributed by atoms with E-state index in [1.54, 1.807) is 0 Å². The van der Waals surface area contributed by atoms with Crippen LogP contribution in [0, 0.1) is 0 Å². The predicted octanol–water partition coefficient (Wildman–Crippen LogP) is 2.96. The lowest BCUT2D eigenvalue weighted by molar-refractivity contribution is 0.340. The normalized spacial score (nSPS) is 10.7. The fourth-order valence-corrected chi connectivity index (χ4v) is 1.54. The third-order valence-electron chi connectivity index (χ3n) is 2.24. The van der Waals surface area contributed by atoms with E-state index < -0.39 is 0 Å². The van der Waals surface area contributed by atoms with Gasteiger partial charge in [0.15, 0.2) is 0 Å². The van der Waals surface area contributed by atoms with Crippen molar-refractivity contribution in [2.45, 2.75) is 26.8 Å². The van der Waals surface area contributed by atoms with E-state index in [1.165, 1.54) is 0 Å². The summed E-state index contributed by atoms with van der Waals surface area (Å²) >= 11 is 0. The molecular formula is C13H17N3O2. The Morgan fingerprint density at radius 1 is 1.39 bits per heavy atom. The Morgan fingerprint density at radius 2 is 2.22 bits per heavy atom. The van der Waals surface area contributed by atoms with Crippen LogP contribution >= 0.6 is 0 Å². The van der Waals surface area contributed by atoms with Crippen molar-refractivity contribution in [2.75, 3.05) is 11.9 Å². The minimum atomic E-state index is 0.257. The lowest BCUT2D eigenvalue weighted by Gasteiger charge is -2.03. The standard InChI is InChI=1S/C13H17N3O2/c1-4-17-11-7-5-6-10(8-11)12-15-13(18-16-12)14-9(2)3/h5-9H,4H2,1-3H3,(H,14,15,16). The van der Waals surface area contributed by atoms with Gasteiger partial charge >= 0.3 is 6.01 Å². The van der Waals surface area contributed by atoms with Crippen LogP contribution in [-0.2, 0) is 0 Å². The molecular weight excluding hydrogens is 230 g/mol. The number of hydrogen-bond acceptors (Lipinski definition) is 5. The molecule has 0 saturated heterocycles. The van der Waals surface area contributed by atoms with Crippen molar-refractivity contribution in [1.82, 2.24) is 10.1 Å². The van der Waals surface area contributed by atoms with Gasteiger partial charge in [0.05, 0.1) is 6.61 Å². The van der Waals surface area contributed by atoms with E-state index in [0.29, 0.717) is 18.4 Å². The largest absolute Gasteiger partial charge is 0.494 e. The molecule has 0 aliphatic rings. The van der Waals surface area contributed by atoms with E-state index in [2.05, 4.69) is 15.5 Å². The van der Waals surface area contributed by atoms with Crippen LogP contribution in [0.4, 0.5) is 6.01 Å². The number of aromatic nitrogens is 2. The van der Waals surface area contributed by atoms with Crippen molar-refractivity contribution < 1.29 is 9.26 Å². The average Bonchev–Trinajstić information content (AvgIpc) is 2.77. The van der Waals surface area contributed by atoms with Gasteiger partial charge in [-0.15, -0.1) is 0 Å². The first kappa shape index (κ1) is 12.4. The minimum absolute atomic E-state index is 0.257. The summed E-state index contributed by atoms with van der Waals surface area (Å²) in [6.45, 7) is 6.61. The number of anilines is 1. The molecule has 5 heteroatoms. The molecule has 18 heavy (non-hydrogen) atoms. The van der Waals surface area contributed by atoms with E-state index in [-0.39, 0.29) is 6.04 Å². The lowest BCUT2D eigenvalue weighted by atomic mass is 10.2. The van der Waals surface area contributed by atoms with Gasteiger partial charge in [-0.05, 0) is 32.9 Å². The Kier molecular flexibility index (Phi) is 3.82. The van der Waals surface area contributed by atoms with Crippen LogP contribution < -0.4 is 10.1 Å². The van der Waals surface area contributed by atoms with Gasteiger partial charge in [-0.25, -0.2) is 0 Å². The van der Waals surface area contributed by atoms with Crippen LogP contribution in [0.25, 0.3) is 11.4 Å². The summed E-state index contributed by atoms with van der Waals surface area (Å²) in [4.78, 5) is 4.28. The lowest BCUT2D eigenvalue weighted by Crippen LogP contribution is -2.09. The van der Waals surface area contributed by atoms with E-state index in [9.17, 15) is 0 Å². The highest BCUT2D eigenvalue weighted by Crippen LogP contribution is 2.22. The molecule has 2 aromatic rings. The van der Waals surface area contributed by atoms with Gasteiger partial charge in [0.2, 0.25) is 5.82 Å². The van der Waals surface area contributed by atoms with Gasteiger partial charge in [-0.1, -0.05) is 17.3 Å². The second-order valence-electron chi connectivity index (χ2n) is 4.18. The molecule has 0 amide bonds. The van der Waals surface area contributed by atoms with Crippen LogP contribution in [0.15, 0.2) is 28.8 Å². The minimum Gasteiger partial charge on any atom is -0.494 e. The van der Waals surface area contributed by atoms with E-state index in [0.717, 1.165) is 11.3 Å². The van der Waals surface area contributed by atoms with E-state index in [4.69, 9.17) is 9.26 Å². The van der Waals surface area contributed by atoms with Crippen LogP contribution in [0.5, 0.6) is 5.75 Å². The smallest absolute Gasteiger partial charge is 0.321 e. The van der Waals surface area contributed by atoms with Crippen LogP contribution in [0.3, 0.4) is 0 Å². The maximum atomic E-state index is 5.44. The summed E-state index contributed by atoms with van der Waals surface area (Å²) in [7, 11) is 0. The summed E-state index contributed by atoms with van der Waals surface area (Å²) in [6.07, 6.45) is 0. The number of hydrogen-bond donors (Lipinski definition) is 1. The molecule has 0 unspecified atom stereocenters. The van der Waals surface area contributed by atoms with Gasteiger partial charge in [-0.3, -0.25) is 0 Å². The Morgan fingerprint density at radius 3 is 2.94 bits per heavy atom.